The molecule has 3 heterocycles. The zero-order valence-corrected chi connectivity index (χ0v) is 26.7. The third-order valence-electron chi connectivity index (χ3n) is 8.10. The molecule has 2 aromatic heterocycles. The Balaban J connectivity index is 1.30. The first-order valence-electron chi connectivity index (χ1n) is 15.4. The van der Waals surface area contributed by atoms with Crippen LogP contribution in [0.2, 0.25) is 0 Å². The van der Waals surface area contributed by atoms with Gasteiger partial charge in [-0.25, -0.2) is 9.78 Å². The van der Waals surface area contributed by atoms with Crippen molar-refractivity contribution in [3.63, 3.8) is 0 Å². The lowest BCUT2D eigenvalue weighted by molar-refractivity contribution is 0.0281. The van der Waals surface area contributed by atoms with Crippen molar-refractivity contribution in [1.82, 2.24) is 19.8 Å². The van der Waals surface area contributed by atoms with Crippen molar-refractivity contribution >= 4 is 40.0 Å². The molecule has 238 valence electrons. The first kappa shape index (κ1) is 32.2. The average molecular weight is 613 g/mol. The number of anilines is 3. The first-order chi connectivity index (χ1) is 21.3. The third kappa shape index (κ3) is 8.08. The van der Waals surface area contributed by atoms with E-state index in [4.69, 9.17) is 0 Å². The molecule has 1 fully saturated rings. The van der Waals surface area contributed by atoms with E-state index in [0.29, 0.717) is 23.8 Å². The van der Waals surface area contributed by atoms with E-state index >= 15 is 0 Å². The summed E-state index contributed by atoms with van der Waals surface area (Å²) in [6, 6.07) is 18.8. The summed E-state index contributed by atoms with van der Waals surface area (Å²) in [4.78, 5) is 34.1. The van der Waals surface area contributed by atoms with Crippen molar-refractivity contribution in [2.24, 2.45) is 0 Å². The van der Waals surface area contributed by atoms with E-state index in [0.717, 1.165) is 48.2 Å². The number of benzene rings is 2. The Kier molecular flexibility index (Phi) is 9.29. The van der Waals surface area contributed by atoms with Gasteiger partial charge in [-0.15, -0.1) is 0 Å². The van der Waals surface area contributed by atoms with Crippen LogP contribution in [0.15, 0.2) is 73.1 Å². The summed E-state index contributed by atoms with van der Waals surface area (Å²) in [6.07, 6.45) is 5.40. The molecule has 0 unspecified atom stereocenters. The first-order valence-corrected chi connectivity index (χ1v) is 15.4. The summed E-state index contributed by atoms with van der Waals surface area (Å²) in [5.41, 5.74) is 2.39. The number of fused-ring (bicyclic) bond motifs is 1. The summed E-state index contributed by atoms with van der Waals surface area (Å²) in [5.74, 6) is 0.576. The Morgan fingerprint density at radius 2 is 1.62 bits per heavy atom. The second-order valence-electron chi connectivity index (χ2n) is 13.2. The number of carbonyl (C=O) groups excluding carboxylic acids is 2. The van der Waals surface area contributed by atoms with Crippen LogP contribution in [0, 0.1) is 0 Å². The molecule has 10 heteroatoms. The average Bonchev–Trinajstić information content (AvgIpc) is 3.42. The fraction of sp³-hybridized carbons (Fsp3) is 0.400. The number of aromatic nitrogens is 2. The van der Waals surface area contributed by atoms with Crippen LogP contribution in [0.1, 0.15) is 62.4 Å². The van der Waals surface area contributed by atoms with Crippen molar-refractivity contribution in [3.05, 3.63) is 84.2 Å². The van der Waals surface area contributed by atoms with Gasteiger partial charge in [0, 0.05) is 54.4 Å². The molecule has 4 N–H and O–H groups in total. The number of nitrogens with one attached hydrogen (secondary N) is 2. The minimum Gasteiger partial charge on any atom is -0.389 e. The molecule has 0 spiro atoms. The van der Waals surface area contributed by atoms with Gasteiger partial charge >= 0.3 is 6.03 Å². The van der Waals surface area contributed by atoms with Crippen LogP contribution in [0.5, 0.6) is 0 Å². The highest BCUT2D eigenvalue weighted by Gasteiger charge is 2.25. The minimum atomic E-state index is -1.02. The number of carbonyl (C=O) groups is 2. The van der Waals surface area contributed by atoms with E-state index in [1.807, 2.05) is 73.3 Å². The van der Waals surface area contributed by atoms with Crippen molar-refractivity contribution in [1.29, 1.82) is 0 Å². The van der Waals surface area contributed by atoms with Gasteiger partial charge in [-0.1, -0.05) is 12.1 Å². The van der Waals surface area contributed by atoms with E-state index in [1.54, 1.807) is 43.9 Å². The van der Waals surface area contributed by atoms with Crippen LogP contribution in [-0.2, 0) is 0 Å². The van der Waals surface area contributed by atoms with E-state index in [2.05, 4.69) is 20.5 Å². The Bertz CT molecular complexity index is 1640. The zero-order valence-electron chi connectivity index (χ0n) is 26.7. The van der Waals surface area contributed by atoms with Crippen LogP contribution < -0.4 is 15.5 Å². The maximum Gasteiger partial charge on any atom is 0.325 e. The lowest BCUT2D eigenvalue weighted by atomic mass is 9.88. The van der Waals surface area contributed by atoms with Crippen molar-refractivity contribution in [3.8, 4) is 0 Å². The van der Waals surface area contributed by atoms with Crippen molar-refractivity contribution in [2.45, 2.75) is 57.7 Å². The number of likely N-dealkylation sites (tertiary alicyclic amines) is 1. The molecule has 1 aliphatic rings. The van der Waals surface area contributed by atoms with Gasteiger partial charge in [0.15, 0.2) is 0 Å². The molecular formula is C35H44N6O4. The second kappa shape index (κ2) is 13.0. The smallest absolute Gasteiger partial charge is 0.325 e. The molecule has 0 radical (unpaired) electrons. The molecule has 0 saturated carbocycles. The molecular weight excluding hydrogens is 568 g/mol. The Hall–Kier alpha value is -4.25. The van der Waals surface area contributed by atoms with Crippen LogP contribution in [0.4, 0.5) is 22.0 Å². The molecule has 1 saturated heterocycles. The highest BCUT2D eigenvalue weighted by molar-refractivity contribution is 6.04. The number of rotatable bonds is 9. The topological polar surface area (TPSA) is 123 Å². The molecule has 0 bridgehead atoms. The number of nitrogens with zero attached hydrogens (tertiary/aromatic N) is 4. The quantitative estimate of drug-likeness (QED) is 0.201. The molecule has 10 nitrogen and oxygen atoms in total. The zero-order chi connectivity index (χ0) is 32.4. The van der Waals surface area contributed by atoms with Crippen LogP contribution in [0.3, 0.4) is 0 Å². The van der Waals surface area contributed by atoms with Crippen LogP contribution >= 0.6 is 0 Å². The van der Waals surface area contributed by atoms with E-state index < -0.39 is 11.2 Å². The van der Waals surface area contributed by atoms with Gasteiger partial charge in [0.2, 0.25) is 0 Å². The van der Waals surface area contributed by atoms with E-state index in [1.165, 1.54) is 5.56 Å². The summed E-state index contributed by atoms with van der Waals surface area (Å²) in [5, 5.41) is 27.4. The monoisotopic (exact) mass is 612 g/mol. The predicted molar refractivity (Wildman–Crippen MR) is 178 cm³/mol. The summed E-state index contributed by atoms with van der Waals surface area (Å²) < 4.78 is 1.55. The van der Waals surface area contributed by atoms with Crippen LogP contribution in [-0.4, -0.2) is 81.0 Å². The van der Waals surface area contributed by atoms with Gasteiger partial charge < -0.3 is 30.6 Å². The van der Waals surface area contributed by atoms with E-state index in [9.17, 15) is 19.8 Å². The van der Waals surface area contributed by atoms with Gasteiger partial charge in [-0.2, -0.15) is 0 Å². The molecule has 5 rings (SSSR count). The maximum atomic E-state index is 13.2. The summed E-state index contributed by atoms with van der Waals surface area (Å²) >= 11 is 0. The number of hydrogen-bond donors (Lipinski definition) is 4. The molecule has 2 amide bonds. The van der Waals surface area contributed by atoms with Gasteiger partial charge in [0.1, 0.15) is 5.82 Å². The lowest BCUT2D eigenvalue weighted by Crippen LogP contribution is -2.42. The maximum absolute atomic E-state index is 13.2. The fourth-order valence-corrected chi connectivity index (χ4v) is 6.04. The molecule has 0 aliphatic carbocycles. The van der Waals surface area contributed by atoms with Crippen molar-refractivity contribution < 1.29 is 19.8 Å². The Morgan fingerprint density at radius 3 is 2.27 bits per heavy atom. The van der Waals surface area contributed by atoms with Gasteiger partial charge in [-0.3, -0.25) is 9.36 Å². The number of aliphatic hydroxyl groups is 2. The Morgan fingerprint density at radius 1 is 0.933 bits per heavy atom. The third-order valence-corrected chi connectivity index (χ3v) is 8.10. The standard InChI is InChI=1S/C35H44N6O4/c1-34(2,44)22-39-17-13-25(14-18-39)24-6-8-26(9-7-24)32(42)38-31-21-29(12-16-37-31)41(23-35(3,4)45)28-10-11-30-27(20-28)15-19-40(30)33(43)36-5/h6-12,15-16,19-21,25,44-45H,13-14,17-18,22-23H2,1-5H3,(H,36,43)(H,37,38,42). The molecule has 0 atom stereocenters. The summed E-state index contributed by atoms with van der Waals surface area (Å²) in [7, 11) is 1.59. The van der Waals surface area contributed by atoms with Gasteiger partial charge in [0.05, 0.1) is 23.3 Å². The van der Waals surface area contributed by atoms with E-state index in [-0.39, 0.29) is 18.5 Å². The van der Waals surface area contributed by atoms with Crippen LogP contribution in [0.25, 0.3) is 10.9 Å². The number of pyridine rings is 1. The van der Waals surface area contributed by atoms with Gasteiger partial charge in [0.25, 0.3) is 5.91 Å². The Labute approximate surface area is 264 Å². The predicted octanol–water partition coefficient (Wildman–Crippen LogP) is 5.34. The van der Waals surface area contributed by atoms with Crippen molar-refractivity contribution in [2.75, 3.05) is 43.4 Å². The van der Waals surface area contributed by atoms with Gasteiger partial charge in [-0.05, 0) is 108 Å². The molecule has 2 aromatic carbocycles. The SMILES string of the molecule is CNC(=O)n1ccc2cc(N(CC(C)(C)O)c3ccnc(NC(=O)c4ccc(C5CCN(CC(C)(C)O)CC5)cc4)c3)ccc21. The number of piperidine rings is 1. The highest BCUT2D eigenvalue weighted by Crippen LogP contribution is 2.32. The summed E-state index contributed by atoms with van der Waals surface area (Å²) in [6.45, 7) is 10.0. The highest BCUT2D eigenvalue weighted by atomic mass is 16.3. The minimum absolute atomic E-state index is 0.223. The molecule has 45 heavy (non-hydrogen) atoms. The number of β-amino-alcohol motifs (C(OH)–C–C–N with tert-alkyl or cyclic N) is 1. The lowest BCUT2D eigenvalue weighted by Gasteiger charge is -2.35. The normalized spacial score (nSPS) is 14.8. The molecule has 1 aliphatic heterocycles. The molecule has 4 aromatic rings. The fourth-order valence-electron chi connectivity index (χ4n) is 6.04. The largest absolute Gasteiger partial charge is 0.389 e. The number of hydrogen-bond acceptors (Lipinski definition) is 7. The number of amides is 2. The second-order valence-corrected chi connectivity index (χ2v) is 13.2.